The summed E-state index contributed by atoms with van der Waals surface area (Å²) in [6.45, 7) is 3.72. The molecule has 1 heterocycles. The van der Waals surface area contributed by atoms with Crippen molar-refractivity contribution in [2.24, 2.45) is 0 Å². The van der Waals surface area contributed by atoms with E-state index in [2.05, 4.69) is 23.7 Å². The molecule has 0 atom stereocenters. The molecule has 0 unspecified atom stereocenters. The molecular weight excluding hydrogens is 208 g/mol. The fraction of sp³-hybridized carbons (Fsp3) is 0.545. The molecule has 4 heteroatoms. The van der Waals surface area contributed by atoms with Crippen LogP contribution in [0.15, 0.2) is 11.4 Å². The van der Waals surface area contributed by atoms with Crippen LogP contribution in [0.2, 0.25) is 0 Å². The Hall–Kier alpha value is -0.870. The predicted molar refractivity (Wildman–Crippen MR) is 64.1 cm³/mol. The van der Waals surface area contributed by atoms with Crippen LogP contribution in [0.3, 0.4) is 0 Å². The summed E-state index contributed by atoms with van der Waals surface area (Å²) in [6.07, 6.45) is 0.567. The fourth-order valence-electron chi connectivity index (χ4n) is 1.21. The minimum atomic E-state index is 0.172. The maximum atomic E-state index is 11.3. The number of thiophene rings is 1. The van der Waals surface area contributed by atoms with Crippen molar-refractivity contribution in [1.29, 1.82) is 0 Å². The first kappa shape index (κ1) is 12.2. The van der Waals surface area contributed by atoms with Crippen LogP contribution in [0.25, 0.3) is 0 Å². The van der Waals surface area contributed by atoms with Gasteiger partial charge in [-0.25, -0.2) is 0 Å². The number of carbonyl (C=O) groups is 1. The molecule has 1 amide bonds. The lowest BCUT2D eigenvalue weighted by Gasteiger charge is -2.10. The molecule has 0 aromatic carbocycles. The second kappa shape index (κ2) is 5.88. The second-order valence-corrected chi connectivity index (χ2v) is 4.74. The van der Waals surface area contributed by atoms with Crippen molar-refractivity contribution in [3.8, 4) is 0 Å². The molecule has 1 aromatic rings. The van der Waals surface area contributed by atoms with Crippen molar-refractivity contribution in [1.82, 2.24) is 10.2 Å². The summed E-state index contributed by atoms with van der Waals surface area (Å²) < 4.78 is 0. The van der Waals surface area contributed by atoms with Gasteiger partial charge in [0.15, 0.2) is 0 Å². The molecule has 15 heavy (non-hydrogen) atoms. The van der Waals surface area contributed by atoms with E-state index in [1.807, 2.05) is 0 Å². The third-order valence-corrected chi connectivity index (χ3v) is 3.29. The van der Waals surface area contributed by atoms with Gasteiger partial charge in [-0.1, -0.05) is 0 Å². The molecule has 0 saturated heterocycles. The van der Waals surface area contributed by atoms with Gasteiger partial charge in [0.25, 0.3) is 0 Å². The van der Waals surface area contributed by atoms with Crippen molar-refractivity contribution < 1.29 is 4.79 Å². The van der Waals surface area contributed by atoms with Crippen LogP contribution in [0.4, 0.5) is 0 Å². The zero-order chi connectivity index (χ0) is 11.3. The van der Waals surface area contributed by atoms with Gasteiger partial charge >= 0.3 is 0 Å². The highest BCUT2D eigenvalue weighted by molar-refractivity contribution is 7.10. The van der Waals surface area contributed by atoms with Gasteiger partial charge in [-0.15, -0.1) is 11.3 Å². The van der Waals surface area contributed by atoms with E-state index in [1.54, 1.807) is 30.3 Å². The molecule has 0 saturated carbocycles. The Morgan fingerprint density at radius 3 is 2.80 bits per heavy atom. The van der Waals surface area contributed by atoms with Gasteiger partial charge in [-0.3, -0.25) is 4.79 Å². The number of rotatable bonds is 5. The Balaban J connectivity index is 2.18. The van der Waals surface area contributed by atoms with E-state index in [0.29, 0.717) is 6.42 Å². The highest BCUT2D eigenvalue weighted by atomic mass is 32.1. The van der Waals surface area contributed by atoms with Crippen molar-refractivity contribution in [2.75, 3.05) is 20.6 Å². The maximum Gasteiger partial charge on any atom is 0.223 e. The lowest BCUT2D eigenvalue weighted by atomic mass is 10.3. The number of nitrogens with one attached hydrogen (secondary N) is 1. The smallest absolute Gasteiger partial charge is 0.223 e. The highest BCUT2D eigenvalue weighted by Crippen LogP contribution is 2.14. The number of nitrogens with zero attached hydrogens (tertiary/aromatic N) is 1. The third kappa shape index (κ3) is 4.01. The van der Waals surface area contributed by atoms with Crippen LogP contribution < -0.4 is 5.32 Å². The topological polar surface area (TPSA) is 32.3 Å². The van der Waals surface area contributed by atoms with Crippen molar-refractivity contribution in [2.45, 2.75) is 19.9 Å². The molecular formula is C11H18N2OS. The Morgan fingerprint density at radius 1 is 1.53 bits per heavy atom. The average Bonchev–Trinajstić information content (AvgIpc) is 2.58. The molecule has 1 N–H and O–H groups in total. The van der Waals surface area contributed by atoms with Gasteiger partial charge in [0.2, 0.25) is 5.91 Å². The van der Waals surface area contributed by atoms with Gasteiger partial charge in [-0.05, 0) is 23.9 Å². The van der Waals surface area contributed by atoms with Gasteiger partial charge in [0, 0.05) is 38.5 Å². The van der Waals surface area contributed by atoms with Crippen LogP contribution in [-0.4, -0.2) is 31.4 Å². The quantitative estimate of drug-likeness (QED) is 0.774. The number of hydrogen-bond acceptors (Lipinski definition) is 3. The molecule has 1 aromatic heterocycles. The zero-order valence-electron chi connectivity index (χ0n) is 9.54. The normalized spacial score (nSPS) is 10.3. The van der Waals surface area contributed by atoms with Crippen LogP contribution in [-0.2, 0) is 11.3 Å². The van der Waals surface area contributed by atoms with E-state index < -0.39 is 0 Å². The molecule has 84 valence electrons. The van der Waals surface area contributed by atoms with Crippen LogP contribution >= 0.6 is 11.3 Å². The lowest BCUT2D eigenvalue weighted by Crippen LogP contribution is -2.26. The van der Waals surface area contributed by atoms with Crippen LogP contribution in [0.5, 0.6) is 0 Å². The molecule has 0 radical (unpaired) electrons. The Labute approximate surface area is 95.1 Å². The Morgan fingerprint density at radius 2 is 2.27 bits per heavy atom. The maximum absolute atomic E-state index is 11.3. The number of amides is 1. The lowest BCUT2D eigenvalue weighted by molar-refractivity contribution is -0.128. The highest BCUT2D eigenvalue weighted by Gasteiger charge is 2.03. The first-order valence-corrected chi connectivity index (χ1v) is 5.93. The predicted octanol–water partition coefficient (Wildman–Crippen LogP) is 1.62. The molecule has 0 fully saturated rings. The second-order valence-electron chi connectivity index (χ2n) is 3.74. The SMILES string of the molecule is Cc1ccsc1CNCCC(=O)N(C)C. The molecule has 0 aliphatic heterocycles. The van der Waals surface area contributed by atoms with E-state index in [1.165, 1.54) is 10.4 Å². The zero-order valence-corrected chi connectivity index (χ0v) is 10.4. The first-order chi connectivity index (χ1) is 7.11. The fourth-order valence-corrected chi connectivity index (χ4v) is 2.08. The molecule has 3 nitrogen and oxygen atoms in total. The summed E-state index contributed by atoms with van der Waals surface area (Å²) in [5.74, 6) is 0.172. The van der Waals surface area contributed by atoms with E-state index in [4.69, 9.17) is 0 Å². The molecule has 1 rings (SSSR count). The number of hydrogen-bond donors (Lipinski definition) is 1. The van der Waals surface area contributed by atoms with Gasteiger partial charge < -0.3 is 10.2 Å². The first-order valence-electron chi connectivity index (χ1n) is 5.05. The van der Waals surface area contributed by atoms with Crippen LogP contribution in [0, 0.1) is 6.92 Å². The summed E-state index contributed by atoms with van der Waals surface area (Å²) in [7, 11) is 3.57. The van der Waals surface area contributed by atoms with Crippen LogP contribution in [0.1, 0.15) is 16.9 Å². The van der Waals surface area contributed by atoms with E-state index >= 15 is 0 Å². The van der Waals surface area contributed by atoms with Gasteiger partial charge in [-0.2, -0.15) is 0 Å². The van der Waals surface area contributed by atoms with Crippen molar-refractivity contribution >= 4 is 17.2 Å². The minimum Gasteiger partial charge on any atom is -0.349 e. The summed E-state index contributed by atoms with van der Waals surface area (Å²) in [5.41, 5.74) is 1.33. The molecule has 0 spiro atoms. The third-order valence-electron chi connectivity index (χ3n) is 2.27. The van der Waals surface area contributed by atoms with E-state index in [-0.39, 0.29) is 5.91 Å². The monoisotopic (exact) mass is 226 g/mol. The molecule has 0 bridgehead atoms. The number of aryl methyl sites for hydroxylation is 1. The summed E-state index contributed by atoms with van der Waals surface area (Å²) >= 11 is 1.76. The summed E-state index contributed by atoms with van der Waals surface area (Å²) in [5, 5.41) is 5.37. The van der Waals surface area contributed by atoms with Gasteiger partial charge in [0.05, 0.1) is 0 Å². The summed E-state index contributed by atoms with van der Waals surface area (Å²) in [6, 6.07) is 2.12. The summed E-state index contributed by atoms with van der Waals surface area (Å²) in [4.78, 5) is 14.2. The molecule has 0 aliphatic carbocycles. The van der Waals surface area contributed by atoms with Crippen molar-refractivity contribution in [3.05, 3.63) is 21.9 Å². The number of carbonyl (C=O) groups excluding carboxylic acids is 1. The Bertz CT molecular complexity index is 320. The van der Waals surface area contributed by atoms with E-state index in [9.17, 15) is 4.79 Å². The molecule has 0 aliphatic rings. The van der Waals surface area contributed by atoms with Crippen molar-refractivity contribution in [3.63, 3.8) is 0 Å². The standard InChI is InChI=1S/C11H18N2OS/c1-9-5-7-15-10(9)8-12-6-4-11(14)13(2)3/h5,7,12H,4,6,8H2,1-3H3. The largest absolute Gasteiger partial charge is 0.349 e. The Kier molecular flexibility index (Phi) is 4.78. The average molecular weight is 226 g/mol. The minimum absolute atomic E-state index is 0.172. The van der Waals surface area contributed by atoms with Gasteiger partial charge in [0.1, 0.15) is 0 Å². The van der Waals surface area contributed by atoms with E-state index in [0.717, 1.165) is 13.1 Å².